The molecule has 0 unspecified atom stereocenters. The van der Waals surface area contributed by atoms with Gasteiger partial charge in [-0.3, -0.25) is 9.36 Å². The fourth-order valence-corrected chi connectivity index (χ4v) is 1.76. The monoisotopic (exact) mass is 253 g/mol. The van der Waals surface area contributed by atoms with Crippen LogP contribution < -0.4 is 16.6 Å². The Morgan fingerprint density at radius 1 is 1.28 bits per heavy atom. The van der Waals surface area contributed by atoms with Gasteiger partial charge in [-0.15, -0.1) is 0 Å². The van der Waals surface area contributed by atoms with E-state index >= 15 is 0 Å². The second kappa shape index (κ2) is 7.16. The largest absolute Gasteiger partial charge is 0.331 e. The smallest absolute Gasteiger partial charge is 0.315 e. The van der Waals surface area contributed by atoms with Gasteiger partial charge in [-0.05, 0) is 18.9 Å². The highest BCUT2D eigenvalue weighted by Gasteiger charge is 2.04. The van der Waals surface area contributed by atoms with E-state index in [9.17, 15) is 9.59 Å². The second-order valence-corrected chi connectivity index (χ2v) is 4.88. The Morgan fingerprint density at radius 3 is 2.61 bits per heavy atom. The second-order valence-electron chi connectivity index (χ2n) is 4.88. The van der Waals surface area contributed by atoms with E-state index in [0.29, 0.717) is 25.6 Å². The van der Waals surface area contributed by atoms with Crippen molar-refractivity contribution in [2.45, 2.75) is 40.3 Å². The van der Waals surface area contributed by atoms with E-state index in [1.807, 2.05) is 6.92 Å². The summed E-state index contributed by atoms with van der Waals surface area (Å²) in [6, 6.07) is 1.46. The molecule has 0 aliphatic heterocycles. The molecule has 1 rings (SSSR count). The van der Waals surface area contributed by atoms with Crippen LogP contribution in [-0.2, 0) is 13.1 Å². The van der Waals surface area contributed by atoms with Crippen molar-refractivity contribution in [3.05, 3.63) is 33.1 Å². The number of hydrogen-bond acceptors (Lipinski definition) is 3. The van der Waals surface area contributed by atoms with Crippen LogP contribution in [0.2, 0.25) is 0 Å². The molecule has 1 aromatic heterocycles. The average Bonchev–Trinajstić information content (AvgIpc) is 2.31. The summed E-state index contributed by atoms with van der Waals surface area (Å²) in [6.45, 7) is 8.86. The lowest BCUT2D eigenvalue weighted by Crippen LogP contribution is -2.41. The maximum Gasteiger partial charge on any atom is 0.331 e. The van der Waals surface area contributed by atoms with Crippen LogP contribution in [0.3, 0.4) is 0 Å². The summed E-state index contributed by atoms with van der Waals surface area (Å²) in [4.78, 5) is 23.7. The zero-order chi connectivity index (χ0) is 13.5. The van der Waals surface area contributed by atoms with E-state index in [1.54, 1.807) is 10.8 Å². The molecule has 0 aromatic carbocycles. The van der Waals surface area contributed by atoms with Crippen molar-refractivity contribution in [3.8, 4) is 0 Å². The summed E-state index contributed by atoms with van der Waals surface area (Å²) >= 11 is 0. The molecule has 0 amide bonds. The van der Waals surface area contributed by atoms with Gasteiger partial charge >= 0.3 is 5.69 Å². The zero-order valence-electron chi connectivity index (χ0n) is 11.5. The van der Waals surface area contributed by atoms with Crippen molar-refractivity contribution < 1.29 is 0 Å². The first kappa shape index (κ1) is 14.7. The van der Waals surface area contributed by atoms with Crippen LogP contribution in [0.5, 0.6) is 0 Å². The van der Waals surface area contributed by atoms with Crippen molar-refractivity contribution in [1.29, 1.82) is 0 Å². The lowest BCUT2D eigenvalue weighted by atomic mass is 10.2. The predicted molar refractivity (Wildman–Crippen MR) is 73.0 cm³/mol. The third-order valence-corrected chi connectivity index (χ3v) is 2.67. The molecule has 0 saturated heterocycles. The molecule has 1 aromatic rings. The topological polar surface area (TPSA) is 56.0 Å². The van der Waals surface area contributed by atoms with E-state index in [2.05, 4.69) is 19.2 Å². The quantitative estimate of drug-likeness (QED) is 0.727. The highest BCUT2D eigenvalue weighted by Crippen LogP contribution is 1.87. The van der Waals surface area contributed by atoms with Crippen molar-refractivity contribution >= 4 is 0 Å². The van der Waals surface area contributed by atoms with Gasteiger partial charge < -0.3 is 9.88 Å². The summed E-state index contributed by atoms with van der Waals surface area (Å²) in [5, 5.41) is 3.23. The minimum absolute atomic E-state index is 0.212. The van der Waals surface area contributed by atoms with E-state index in [0.717, 1.165) is 13.0 Å². The summed E-state index contributed by atoms with van der Waals surface area (Å²) < 4.78 is 2.88. The van der Waals surface area contributed by atoms with Crippen molar-refractivity contribution in [3.63, 3.8) is 0 Å². The molecule has 0 spiro atoms. The van der Waals surface area contributed by atoms with Gasteiger partial charge in [0.05, 0.1) is 0 Å². The molecule has 0 atom stereocenters. The maximum atomic E-state index is 12.0. The van der Waals surface area contributed by atoms with Crippen LogP contribution in [0, 0.1) is 5.92 Å². The number of aromatic nitrogens is 2. The van der Waals surface area contributed by atoms with E-state index in [4.69, 9.17) is 0 Å². The minimum Gasteiger partial charge on any atom is -0.315 e. The number of rotatable bonds is 7. The Bertz CT molecular complexity index is 474. The zero-order valence-corrected chi connectivity index (χ0v) is 11.5. The van der Waals surface area contributed by atoms with E-state index in [1.165, 1.54) is 10.6 Å². The SMILES string of the molecule is CCCn1ccc(=O)n(CCNCC(C)C)c1=O. The minimum atomic E-state index is -0.223. The molecular formula is C13H23N3O2. The number of hydrogen-bond donors (Lipinski definition) is 1. The van der Waals surface area contributed by atoms with Gasteiger partial charge in [-0.1, -0.05) is 20.8 Å². The molecule has 0 saturated carbocycles. The summed E-state index contributed by atoms with van der Waals surface area (Å²) in [7, 11) is 0. The summed E-state index contributed by atoms with van der Waals surface area (Å²) in [5.41, 5.74) is -0.436. The van der Waals surface area contributed by atoms with Crippen molar-refractivity contribution in [2.24, 2.45) is 5.92 Å². The molecule has 1 N–H and O–H groups in total. The lowest BCUT2D eigenvalue weighted by molar-refractivity contribution is 0.493. The molecule has 0 aliphatic rings. The van der Waals surface area contributed by atoms with Crippen LogP contribution in [0.15, 0.2) is 21.9 Å². The highest BCUT2D eigenvalue weighted by atomic mass is 16.2. The Hall–Kier alpha value is -1.36. The molecule has 1 heterocycles. The van der Waals surface area contributed by atoms with Gasteiger partial charge in [0, 0.05) is 31.9 Å². The molecule has 102 valence electrons. The Balaban J connectivity index is 2.72. The summed E-state index contributed by atoms with van der Waals surface area (Å²) in [5.74, 6) is 0.564. The normalized spacial score (nSPS) is 11.1. The van der Waals surface area contributed by atoms with E-state index < -0.39 is 0 Å². The molecular weight excluding hydrogens is 230 g/mol. The van der Waals surface area contributed by atoms with Crippen molar-refractivity contribution in [1.82, 2.24) is 14.5 Å². The van der Waals surface area contributed by atoms with Gasteiger partial charge in [-0.25, -0.2) is 4.79 Å². The number of aryl methyl sites for hydroxylation is 1. The average molecular weight is 253 g/mol. The fraction of sp³-hybridized carbons (Fsp3) is 0.692. The first-order valence-electron chi connectivity index (χ1n) is 6.57. The molecule has 0 fully saturated rings. The highest BCUT2D eigenvalue weighted by molar-refractivity contribution is 4.86. The van der Waals surface area contributed by atoms with Gasteiger partial charge in [0.25, 0.3) is 5.56 Å². The first-order valence-corrected chi connectivity index (χ1v) is 6.57. The van der Waals surface area contributed by atoms with Gasteiger partial charge in [0.2, 0.25) is 0 Å². The van der Waals surface area contributed by atoms with Crippen LogP contribution in [-0.4, -0.2) is 22.2 Å². The Kier molecular flexibility index (Phi) is 5.85. The van der Waals surface area contributed by atoms with Crippen LogP contribution in [0.1, 0.15) is 27.2 Å². The number of nitrogens with one attached hydrogen (secondary N) is 1. The van der Waals surface area contributed by atoms with Gasteiger partial charge in [-0.2, -0.15) is 0 Å². The first-order chi connectivity index (χ1) is 8.56. The van der Waals surface area contributed by atoms with Crippen molar-refractivity contribution in [2.75, 3.05) is 13.1 Å². The van der Waals surface area contributed by atoms with Gasteiger partial charge in [0.15, 0.2) is 0 Å². The summed E-state index contributed by atoms with van der Waals surface area (Å²) in [6.07, 6.45) is 2.45. The molecule has 0 bridgehead atoms. The van der Waals surface area contributed by atoms with Crippen LogP contribution in [0.4, 0.5) is 0 Å². The van der Waals surface area contributed by atoms with Crippen LogP contribution in [0.25, 0.3) is 0 Å². The molecule has 5 heteroatoms. The standard InChI is InChI=1S/C13H23N3O2/c1-4-7-15-8-5-12(17)16(13(15)18)9-6-14-10-11(2)3/h5,8,11,14H,4,6-7,9-10H2,1-3H3. The maximum absolute atomic E-state index is 12.0. The number of nitrogens with zero attached hydrogens (tertiary/aromatic N) is 2. The third-order valence-electron chi connectivity index (χ3n) is 2.67. The van der Waals surface area contributed by atoms with Crippen LogP contribution >= 0.6 is 0 Å². The molecule has 18 heavy (non-hydrogen) atoms. The lowest BCUT2D eigenvalue weighted by Gasteiger charge is -2.10. The Morgan fingerprint density at radius 2 is 2.00 bits per heavy atom. The van der Waals surface area contributed by atoms with E-state index in [-0.39, 0.29) is 11.2 Å². The Labute approximate surface area is 107 Å². The molecule has 0 aliphatic carbocycles. The third kappa shape index (κ3) is 4.14. The predicted octanol–water partition coefficient (Wildman–Crippen LogP) is 0.666. The fourth-order valence-electron chi connectivity index (χ4n) is 1.76. The van der Waals surface area contributed by atoms with Gasteiger partial charge in [0.1, 0.15) is 0 Å². The molecule has 5 nitrogen and oxygen atoms in total. The molecule has 0 radical (unpaired) electrons.